The number of carboxylic acids is 1. The van der Waals surface area contributed by atoms with Gasteiger partial charge in [0.2, 0.25) is 0 Å². The molecule has 1 aromatic heterocycles. The van der Waals surface area contributed by atoms with Crippen LogP contribution in [0.1, 0.15) is 22.8 Å². The first-order chi connectivity index (χ1) is 7.16. The zero-order valence-electron chi connectivity index (χ0n) is 8.49. The number of fused-ring (bicyclic) bond motifs is 1. The predicted molar refractivity (Wildman–Crippen MR) is 51.5 cm³/mol. The van der Waals surface area contributed by atoms with E-state index in [2.05, 4.69) is 9.97 Å². The van der Waals surface area contributed by atoms with Crippen molar-refractivity contribution in [3.05, 3.63) is 22.8 Å². The van der Waals surface area contributed by atoms with Crippen molar-refractivity contribution >= 4 is 5.97 Å². The van der Waals surface area contributed by atoms with Gasteiger partial charge in [0.15, 0.2) is 0 Å². The lowest BCUT2D eigenvalue weighted by molar-refractivity contribution is -0.136. The summed E-state index contributed by atoms with van der Waals surface area (Å²) in [4.78, 5) is 18.9. The predicted octanol–water partition coefficient (Wildman–Crippen LogP) is 0.485. The molecule has 0 bridgehead atoms. The Balaban J connectivity index is 2.36. The fraction of sp³-hybridized carbons (Fsp3) is 0.500. The molecule has 0 saturated heterocycles. The monoisotopic (exact) mass is 208 g/mol. The van der Waals surface area contributed by atoms with Gasteiger partial charge < -0.3 is 9.84 Å². The normalized spacial score (nSPS) is 14.7. The Morgan fingerprint density at radius 2 is 2.33 bits per heavy atom. The van der Waals surface area contributed by atoms with E-state index in [4.69, 9.17) is 9.84 Å². The Kier molecular flexibility index (Phi) is 2.64. The molecule has 1 aliphatic heterocycles. The SMILES string of the molecule is Cc1nc(CC(=O)O)nc2c1COCC2. The highest BCUT2D eigenvalue weighted by Gasteiger charge is 2.16. The van der Waals surface area contributed by atoms with Crippen molar-refractivity contribution in [3.8, 4) is 0 Å². The van der Waals surface area contributed by atoms with Crippen molar-refractivity contribution in [2.24, 2.45) is 0 Å². The number of carbonyl (C=O) groups is 1. The maximum absolute atomic E-state index is 10.5. The van der Waals surface area contributed by atoms with E-state index in [9.17, 15) is 4.79 Å². The van der Waals surface area contributed by atoms with E-state index >= 15 is 0 Å². The molecule has 1 aromatic rings. The summed E-state index contributed by atoms with van der Waals surface area (Å²) in [6, 6.07) is 0. The smallest absolute Gasteiger partial charge is 0.311 e. The van der Waals surface area contributed by atoms with Crippen LogP contribution in [0, 0.1) is 6.92 Å². The van der Waals surface area contributed by atoms with Crippen molar-refractivity contribution < 1.29 is 14.6 Å². The molecule has 0 amide bonds. The number of ether oxygens (including phenoxy) is 1. The Hall–Kier alpha value is -1.49. The average molecular weight is 208 g/mol. The van der Waals surface area contributed by atoms with Gasteiger partial charge >= 0.3 is 5.97 Å². The molecule has 0 aromatic carbocycles. The zero-order valence-corrected chi connectivity index (χ0v) is 8.49. The van der Waals surface area contributed by atoms with Crippen LogP contribution in [-0.2, 0) is 29.0 Å². The first kappa shape index (κ1) is 10.0. The lowest BCUT2D eigenvalue weighted by atomic mass is 10.1. The molecular formula is C10H12N2O3. The summed E-state index contributed by atoms with van der Waals surface area (Å²) in [5, 5.41) is 8.66. The average Bonchev–Trinajstić information content (AvgIpc) is 2.16. The summed E-state index contributed by atoms with van der Waals surface area (Å²) >= 11 is 0. The van der Waals surface area contributed by atoms with Crippen molar-refractivity contribution in [1.82, 2.24) is 9.97 Å². The van der Waals surface area contributed by atoms with Crippen LogP contribution in [-0.4, -0.2) is 27.7 Å². The van der Waals surface area contributed by atoms with E-state index in [1.54, 1.807) is 0 Å². The van der Waals surface area contributed by atoms with Gasteiger partial charge in [-0.2, -0.15) is 0 Å². The number of nitrogens with zero attached hydrogens (tertiary/aromatic N) is 2. The van der Waals surface area contributed by atoms with Crippen molar-refractivity contribution in [2.75, 3.05) is 6.61 Å². The highest BCUT2D eigenvalue weighted by molar-refractivity contribution is 5.69. The van der Waals surface area contributed by atoms with Crippen LogP contribution in [0.3, 0.4) is 0 Å². The quantitative estimate of drug-likeness (QED) is 0.765. The van der Waals surface area contributed by atoms with Gasteiger partial charge in [-0.1, -0.05) is 0 Å². The van der Waals surface area contributed by atoms with E-state index < -0.39 is 5.97 Å². The van der Waals surface area contributed by atoms with Gasteiger partial charge in [0.25, 0.3) is 0 Å². The first-order valence-corrected chi connectivity index (χ1v) is 4.81. The summed E-state index contributed by atoms with van der Waals surface area (Å²) in [7, 11) is 0. The largest absolute Gasteiger partial charge is 0.481 e. The van der Waals surface area contributed by atoms with Gasteiger partial charge in [0.1, 0.15) is 12.2 Å². The Morgan fingerprint density at radius 3 is 3.07 bits per heavy atom. The van der Waals surface area contributed by atoms with E-state index in [-0.39, 0.29) is 6.42 Å². The third-order valence-corrected chi connectivity index (χ3v) is 2.38. The van der Waals surface area contributed by atoms with Gasteiger partial charge in [-0.3, -0.25) is 4.79 Å². The number of carboxylic acid groups (broad SMARTS) is 1. The molecule has 0 aliphatic carbocycles. The third-order valence-electron chi connectivity index (χ3n) is 2.38. The second kappa shape index (κ2) is 3.94. The van der Waals surface area contributed by atoms with Crippen LogP contribution < -0.4 is 0 Å². The summed E-state index contributed by atoms with van der Waals surface area (Å²) in [5.41, 5.74) is 2.77. The van der Waals surface area contributed by atoms with Crippen molar-refractivity contribution in [3.63, 3.8) is 0 Å². The number of hydrogen-bond donors (Lipinski definition) is 1. The second-order valence-electron chi connectivity index (χ2n) is 3.52. The van der Waals surface area contributed by atoms with Gasteiger partial charge in [0.05, 0.1) is 18.9 Å². The van der Waals surface area contributed by atoms with E-state index in [0.29, 0.717) is 19.0 Å². The molecule has 1 N–H and O–H groups in total. The van der Waals surface area contributed by atoms with E-state index in [1.807, 2.05) is 6.92 Å². The van der Waals surface area contributed by atoms with Crippen molar-refractivity contribution in [2.45, 2.75) is 26.4 Å². The lowest BCUT2D eigenvalue weighted by Crippen LogP contribution is -2.17. The number of aryl methyl sites for hydroxylation is 1. The second-order valence-corrected chi connectivity index (χ2v) is 3.52. The molecule has 15 heavy (non-hydrogen) atoms. The molecule has 1 aliphatic rings. The number of aromatic nitrogens is 2. The van der Waals surface area contributed by atoms with Gasteiger partial charge in [-0.25, -0.2) is 9.97 Å². The molecule has 0 radical (unpaired) electrons. The summed E-state index contributed by atoms with van der Waals surface area (Å²) in [6.07, 6.45) is 0.625. The van der Waals surface area contributed by atoms with Gasteiger partial charge in [0, 0.05) is 17.7 Å². The summed E-state index contributed by atoms with van der Waals surface area (Å²) in [6.45, 7) is 3.05. The minimum Gasteiger partial charge on any atom is -0.481 e. The molecular weight excluding hydrogens is 196 g/mol. The zero-order chi connectivity index (χ0) is 10.8. The van der Waals surface area contributed by atoms with E-state index in [1.165, 1.54) is 0 Å². The first-order valence-electron chi connectivity index (χ1n) is 4.81. The van der Waals surface area contributed by atoms with Gasteiger partial charge in [-0.15, -0.1) is 0 Å². The molecule has 0 atom stereocenters. The van der Waals surface area contributed by atoms with Crippen LogP contribution in [0.2, 0.25) is 0 Å². The standard InChI is InChI=1S/C10H12N2O3/c1-6-7-5-15-3-2-8(7)12-9(11-6)4-10(13)14/h2-5H2,1H3,(H,13,14). The van der Waals surface area contributed by atoms with Crippen LogP contribution >= 0.6 is 0 Å². The van der Waals surface area contributed by atoms with Crippen molar-refractivity contribution in [1.29, 1.82) is 0 Å². The van der Waals surface area contributed by atoms with Gasteiger partial charge in [-0.05, 0) is 6.92 Å². The third kappa shape index (κ3) is 2.12. The molecule has 0 fully saturated rings. The Bertz CT molecular complexity index is 404. The molecule has 5 heteroatoms. The topological polar surface area (TPSA) is 72.3 Å². The fourth-order valence-corrected chi connectivity index (χ4v) is 1.67. The summed E-state index contributed by atoms with van der Waals surface area (Å²) in [5.74, 6) is -0.512. The molecule has 5 nitrogen and oxygen atoms in total. The number of hydrogen-bond acceptors (Lipinski definition) is 4. The highest BCUT2D eigenvalue weighted by atomic mass is 16.5. The maximum atomic E-state index is 10.5. The number of rotatable bonds is 2. The summed E-state index contributed by atoms with van der Waals surface area (Å²) < 4.78 is 5.30. The maximum Gasteiger partial charge on any atom is 0.311 e. The van der Waals surface area contributed by atoms with Crippen LogP contribution in [0.25, 0.3) is 0 Å². The Morgan fingerprint density at radius 1 is 1.53 bits per heavy atom. The molecule has 0 spiro atoms. The molecule has 0 unspecified atom stereocenters. The molecule has 80 valence electrons. The minimum absolute atomic E-state index is 0.116. The molecule has 0 saturated carbocycles. The highest BCUT2D eigenvalue weighted by Crippen LogP contribution is 2.17. The fourth-order valence-electron chi connectivity index (χ4n) is 1.67. The number of aliphatic carboxylic acids is 1. The molecule has 2 rings (SSSR count). The lowest BCUT2D eigenvalue weighted by Gasteiger charge is -2.17. The van der Waals surface area contributed by atoms with Crippen LogP contribution in [0.5, 0.6) is 0 Å². The Labute approximate surface area is 87.1 Å². The van der Waals surface area contributed by atoms with Crippen LogP contribution in [0.15, 0.2) is 0 Å². The van der Waals surface area contributed by atoms with E-state index in [0.717, 1.165) is 23.4 Å². The minimum atomic E-state index is -0.901. The molecule has 2 heterocycles. The van der Waals surface area contributed by atoms with Crippen LogP contribution in [0.4, 0.5) is 0 Å².